The van der Waals surface area contributed by atoms with Gasteiger partial charge < -0.3 is 15.5 Å². The lowest BCUT2D eigenvalue weighted by Gasteiger charge is -2.40. The van der Waals surface area contributed by atoms with E-state index in [0.29, 0.717) is 12.1 Å². The molecule has 0 aromatic carbocycles. The third-order valence-corrected chi connectivity index (χ3v) is 5.19. The second-order valence-electron chi connectivity index (χ2n) is 6.82. The second kappa shape index (κ2) is 6.36. The Hall–Kier alpha value is -0.120. The Morgan fingerprint density at radius 1 is 1.11 bits per heavy atom. The molecular weight excluding hydrogens is 222 g/mol. The van der Waals surface area contributed by atoms with Gasteiger partial charge >= 0.3 is 0 Å². The van der Waals surface area contributed by atoms with Crippen molar-refractivity contribution in [2.75, 3.05) is 33.7 Å². The topological polar surface area (TPSA) is 32.5 Å². The summed E-state index contributed by atoms with van der Waals surface area (Å²) in [5.41, 5.74) is 6.49. The van der Waals surface area contributed by atoms with Crippen LogP contribution in [-0.4, -0.2) is 55.6 Å². The summed E-state index contributed by atoms with van der Waals surface area (Å²) >= 11 is 0. The standard InChI is InChI=1S/C15H31N3/c1-12-4-6-13(7-5-12)15(16)10-14-11-17(2)8-9-18(14)3/h12-15H,4-11,16H2,1-3H3. The van der Waals surface area contributed by atoms with Crippen molar-refractivity contribution in [1.82, 2.24) is 9.80 Å². The van der Waals surface area contributed by atoms with Crippen LogP contribution in [0.25, 0.3) is 0 Å². The number of nitrogens with two attached hydrogens (primary N) is 1. The van der Waals surface area contributed by atoms with Crippen LogP contribution in [0.3, 0.4) is 0 Å². The first-order valence-electron chi connectivity index (χ1n) is 7.70. The van der Waals surface area contributed by atoms with E-state index in [2.05, 4.69) is 30.8 Å². The van der Waals surface area contributed by atoms with Gasteiger partial charge in [-0.2, -0.15) is 0 Å². The molecule has 0 aromatic rings. The van der Waals surface area contributed by atoms with Crippen LogP contribution in [0, 0.1) is 11.8 Å². The lowest BCUT2D eigenvalue weighted by Crippen LogP contribution is -2.52. The minimum absolute atomic E-state index is 0.413. The number of likely N-dealkylation sites (N-methyl/N-ethyl adjacent to an activating group) is 2. The van der Waals surface area contributed by atoms with Crippen molar-refractivity contribution in [3.63, 3.8) is 0 Å². The van der Waals surface area contributed by atoms with Crippen molar-refractivity contribution in [1.29, 1.82) is 0 Å². The van der Waals surface area contributed by atoms with E-state index < -0.39 is 0 Å². The summed E-state index contributed by atoms with van der Waals surface area (Å²) in [5, 5.41) is 0. The second-order valence-corrected chi connectivity index (χ2v) is 6.82. The fourth-order valence-electron chi connectivity index (χ4n) is 3.58. The first-order valence-corrected chi connectivity index (χ1v) is 7.70. The first kappa shape index (κ1) is 14.3. The molecule has 1 saturated heterocycles. The average molecular weight is 253 g/mol. The van der Waals surface area contributed by atoms with Gasteiger partial charge in [0.1, 0.15) is 0 Å². The van der Waals surface area contributed by atoms with Gasteiger partial charge in [0, 0.05) is 31.7 Å². The van der Waals surface area contributed by atoms with Crippen molar-refractivity contribution in [2.24, 2.45) is 17.6 Å². The maximum Gasteiger partial charge on any atom is 0.0235 e. The molecule has 2 unspecified atom stereocenters. The largest absolute Gasteiger partial charge is 0.327 e. The lowest BCUT2D eigenvalue weighted by molar-refractivity contribution is 0.0947. The number of piperazine rings is 1. The van der Waals surface area contributed by atoms with Crippen LogP contribution < -0.4 is 5.73 Å². The maximum absolute atomic E-state index is 6.49. The van der Waals surface area contributed by atoms with E-state index >= 15 is 0 Å². The van der Waals surface area contributed by atoms with Gasteiger partial charge in [-0.05, 0) is 45.2 Å². The highest BCUT2D eigenvalue weighted by molar-refractivity contribution is 4.86. The van der Waals surface area contributed by atoms with Gasteiger partial charge in [-0.3, -0.25) is 0 Å². The molecule has 1 aliphatic heterocycles. The molecule has 106 valence electrons. The molecule has 1 heterocycles. The predicted molar refractivity (Wildman–Crippen MR) is 77.6 cm³/mol. The van der Waals surface area contributed by atoms with Crippen LogP contribution in [-0.2, 0) is 0 Å². The molecule has 0 radical (unpaired) electrons. The minimum atomic E-state index is 0.413. The van der Waals surface area contributed by atoms with Gasteiger partial charge in [0.05, 0.1) is 0 Å². The summed E-state index contributed by atoms with van der Waals surface area (Å²) in [6.45, 7) is 5.96. The van der Waals surface area contributed by atoms with Crippen molar-refractivity contribution >= 4 is 0 Å². The zero-order valence-electron chi connectivity index (χ0n) is 12.4. The normalized spacial score (nSPS) is 37.7. The summed E-state index contributed by atoms with van der Waals surface area (Å²) in [7, 11) is 4.49. The van der Waals surface area contributed by atoms with Crippen LogP contribution in [0.4, 0.5) is 0 Å². The summed E-state index contributed by atoms with van der Waals surface area (Å²) in [5.74, 6) is 1.71. The van der Waals surface area contributed by atoms with E-state index in [0.717, 1.165) is 11.8 Å². The predicted octanol–water partition coefficient (Wildman–Crippen LogP) is 1.78. The summed E-state index contributed by atoms with van der Waals surface area (Å²) in [6.07, 6.45) is 6.67. The molecule has 18 heavy (non-hydrogen) atoms. The van der Waals surface area contributed by atoms with Crippen molar-refractivity contribution in [2.45, 2.75) is 51.1 Å². The zero-order valence-corrected chi connectivity index (χ0v) is 12.4. The summed E-state index contributed by atoms with van der Waals surface area (Å²) in [6, 6.07) is 1.08. The Morgan fingerprint density at radius 3 is 2.44 bits per heavy atom. The molecule has 2 fully saturated rings. The van der Waals surface area contributed by atoms with Crippen LogP contribution in [0.5, 0.6) is 0 Å². The highest BCUT2D eigenvalue weighted by Crippen LogP contribution is 2.31. The Labute approximate surface area is 113 Å². The summed E-state index contributed by atoms with van der Waals surface area (Å²) < 4.78 is 0. The Bertz CT molecular complexity index is 248. The third kappa shape index (κ3) is 3.69. The van der Waals surface area contributed by atoms with Crippen molar-refractivity contribution in [3.8, 4) is 0 Å². The molecule has 0 spiro atoms. The Morgan fingerprint density at radius 2 is 1.78 bits per heavy atom. The molecule has 2 atom stereocenters. The Balaban J connectivity index is 1.80. The molecule has 2 rings (SSSR count). The van der Waals surface area contributed by atoms with Crippen molar-refractivity contribution in [3.05, 3.63) is 0 Å². The van der Waals surface area contributed by atoms with Gasteiger partial charge in [0.2, 0.25) is 0 Å². The minimum Gasteiger partial charge on any atom is -0.327 e. The Kier molecular flexibility index (Phi) is 5.05. The third-order valence-electron chi connectivity index (χ3n) is 5.19. The van der Waals surface area contributed by atoms with Crippen LogP contribution >= 0.6 is 0 Å². The zero-order chi connectivity index (χ0) is 13.1. The fraction of sp³-hybridized carbons (Fsp3) is 1.00. The van der Waals surface area contributed by atoms with Gasteiger partial charge in [0.15, 0.2) is 0 Å². The average Bonchev–Trinajstić information content (AvgIpc) is 2.34. The summed E-state index contributed by atoms with van der Waals surface area (Å²) in [4.78, 5) is 4.95. The van der Waals surface area contributed by atoms with Crippen LogP contribution in [0.2, 0.25) is 0 Å². The molecule has 0 aromatic heterocycles. The quantitative estimate of drug-likeness (QED) is 0.832. The molecule has 0 bridgehead atoms. The van der Waals surface area contributed by atoms with Gasteiger partial charge in [-0.1, -0.05) is 19.8 Å². The number of hydrogen-bond acceptors (Lipinski definition) is 3. The maximum atomic E-state index is 6.49. The van der Waals surface area contributed by atoms with E-state index in [9.17, 15) is 0 Å². The van der Waals surface area contributed by atoms with Gasteiger partial charge in [0.25, 0.3) is 0 Å². The van der Waals surface area contributed by atoms with Gasteiger partial charge in [-0.25, -0.2) is 0 Å². The van der Waals surface area contributed by atoms with E-state index in [1.807, 2.05) is 0 Å². The molecule has 0 amide bonds. The smallest absolute Gasteiger partial charge is 0.0235 e. The lowest BCUT2D eigenvalue weighted by atomic mass is 9.78. The molecular formula is C15H31N3. The van der Waals surface area contributed by atoms with Crippen LogP contribution in [0.1, 0.15) is 39.0 Å². The van der Waals surface area contributed by atoms with E-state index in [1.54, 1.807) is 0 Å². The molecule has 3 heteroatoms. The van der Waals surface area contributed by atoms with Crippen LogP contribution in [0.15, 0.2) is 0 Å². The first-order chi connectivity index (χ1) is 8.56. The fourth-order valence-corrected chi connectivity index (χ4v) is 3.58. The highest BCUT2D eigenvalue weighted by atomic mass is 15.3. The molecule has 1 aliphatic carbocycles. The van der Waals surface area contributed by atoms with Crippen molar-refractivity contribution < 1.29 is 0 Å². The number of hydrogen-bond donors (Lipinski definition) is 1. The van der Waals surface area contributed by atoms with Gasteiger partial charge in [-0.15, -0.1) is 0 Å². The van der Waals surface area contributed by atoms with E-state index in [4.69, 9.17) is 5.73 Å². The molecule has 1 saturated carbocycles. The molecule has 2 aliphatic rings. The monoisotopic (exact) mass is 253 g/mol. The molecule has 2 N–H and O–H groups in total. The number of rotatable bonds is 3. The van der Waals surface area contributed by atoms with E-state index in [-0.39, 0.29) is 0 Å². The number of nitrogens with zero attached hydrogens (tertiary/aromatic N) is 2. The SMILES string of the molecule is CC1CCC(C(N)CC2CN(C)CCN2C)CC1. The highest BCUT2D eigenvalue weighted by Gasteiger charge is 2.29. The molecule has 3 nitrogen and oxygen atoms in total. The van der Waals surface area contributed by atoms with E-state index in [1.165, 1.54) is 51.7 Å².